The number of fused-ring (bicyclic) bond motifs is 1. The van der Waals surface area contributed by atoms with Crippen molar-refractivity contribution >= 4 is 44.8 Å². The van der Waals surface area contributed by atoms with E-state index in [1.807, 2.05) is 30.3 Å². The molecule has 0 amide bonds. The minimum Gasteiger partial charge on any atom is -0.382 e. The van der Waals surface area contributed by atoms with Gasteiger partial charge in [0.25, 0.3) is 0 Å². The molecule has 5 aliphatic rings. The van der Waals surface area contributed by atoms with Crippen molar-refractivity contribution in [2.24, 2.45) is 23.2 Å². The van der Waals surface area contributed by atoms with Gasteiger partial charge in [-0.05, 0) is 61.9 Å². The lowest BCUT2D eigenvalue weighted by molar-refractivity contribution is -0.292. The quantitative estimate of drug-likeness (QED) is 0.277. The molecule has 1 N–H and O–H groups in total. The van der Waals surface area contributed by atoms with Gasteiger partial charge < -0.3 is 14.4 Å². The first-order chi connectivity index (χ1) is 18.4. The third kappa shape index (κ3) is 2.44. The van der Waals surface area contributed by atoms with Gasteiger partial charge in [0, 0.05) is 34.3 Å². The van der Waals surface area contributed by atoms with Crippen LogP contribution in [0.2, 0.25) is 10.0 Å². The molecule has 4 aromatic rings. The molecule has 9 rings (SSSR count). The number of hydrogen-bond acceptors (Lipinski definition) is 7. The number of nitrogens with zero attached hydrogens (tertiary/aromatic N) is 3. The van der Waals surface area contributed by atoms with E-state index in [0.29, 0.717) is 51.2 Å². The summed E-state index contributed by atoms with van der Waals surface area (Å²) in [5.74, 6) is 2.26. The number of ether oxygens (including phenoxy) is 1. The first kappa shape index (κ1) is 22.4. The Morgan fingerprint density at radius 3 is 2.71 bits per heavy atom. The number of nitriles is 1. The molecule has 5 saturated carbocycles. The van der Waals surface area contributed by atoms with Crippen molar-refractivity contribution in [3.05, 3.63) is 68.3 Å². The number of halogens is 2. The van der Waals surface area contributed by atoms with Gasteiger partial charge >= 0.3 is 0 Å². The highest BCUT2D eigenvalue weighted by molar-refractivity contribution is 7.18. The van der Waals surface area contributed by atoms with Crippen LogP contribution in [0.25, 0.3) is 21.5 Å². The Kier molecular flexibility index (Phi) is 4.11. The first-order valence-corrected chi connectivity index (χ1v) is 14.6. The largest absolute Gasteiger partial charge is 0.382 e. The van der Waals surface area contributed by atoms with E-state index >= 15 is 0 Å². The molecule has 1 spiro atoms. The van der Waals surface area contributed by atoms with E-state index in [-0.39, 0.29) is 16.9 Å². The van der Waals surface area contributed by atoms with Crippen molar-refractivity contribution in [2.45, 2.75) is 49.4 Å². The summed E-state index contributed by atoms with van der Waals surface area (Å²) in [7, 11) is 0. The lowest BCUT2D eigenvalue weighted by Gasteiger charge is -2.64. The van der Waals surface area contributed by atoms with Crippen LogP contribution in [0.15, 0.2) is 40.9 Å². The maximum Gasteiger partial charge on any atom is 0.145 e. The van der Waals surface area contributed by atoms with E-state index in [1.165, 1.54) is 11.3 Å². The molecule has 2 unspecified atom stereocenters. The summed E-state index contributed by atoms with van der Waals surface area (Å²) in [4.78, 5) is 4.83. The SMILES string of the molecule is N#Cc1ccc2nc([C@]3(O)[C@H]4C[C@]5(OCc6c(-c7c(Cl)cccc7Cl)noc6C6CC6)C[C@]36C4C56)sc2c1. The predicted octanol–water partition coefficient (Wildman–Crippen LogP) is 6.82. The monoisotopic (exact) mass is 561 g/mol. The van der Waals surface area contributed by atoms with Crippen molar-refractivity contribution in [1.29, 1.82) is 5.26 Å². The van der Waals surface area contributed by atoms with Crippen molar-refractivity contribution in [3.63, 3.8) is 0 Å². The number of benzene rings is 2. The maximum atomic E-state index is 12.0. The first-order valence-electron chi connectivity index (χ1n) is 13.0. The lowest BCUT2D eigenvalue weighted by Crippen LogP contribution is -2.68. The number of thiazole rings is 1. The molecule has 6 nitrogen and oxygen atoms in total. The lowest BCUT2D eigenvalue weighted by atomic mass is 9.45. The molecule has 2 aromatic carbocycles. The van der Waals surface area contributed by atoms with E-state index in [0.717, 1.165) is 52.2 Å². The fourth-order valence-corrected chi connectivity index (χ4v) is 10.3. The molecule has 0 radical (unpaired) electrons. The van der Waals surface area contributed by atoms with Gasteiger partial charge in [-0.1, -0.05) is 34.4 Å². The summed E-state index contributed by atoms with van der Waals surface area (Å²) in [5.41, 5.74) is 2.55. The molecule has 5 fully saturated rings. The molecule has 190 valence electrons. The Hall–Kier alpha value is -2.47. The normalized spacial score (nSPS) is 35.5. The van der Waals surface area contributed by atoms with Crippen LogP contribution >= 0.6 is 34.5 Å². The van der Waals surface area contributed by atoms with Crippen LogP contribution in [-0.4, -0.2) is 20.8 Å². The zero-order valence-electron chi connectivity index (χ0n) is 20.1. The second kappa shape index (κ2) is 6.99. The average Bonchev–Trinajstić information content (AvgIpc) is 3.66. The molecule has 0 saturated heterocycles. The van der Waals surface area contributed by atoms with Crippen LogP contribution in [0.4, 0.5) is 0 Å². The molecule has 5 aliphatic carbocycles. The van der Waals surface area contributed by atoms with E-state index in [2.05, 4.69) is 11.2 Å². The average molecular weight is 562 g/mol. The molecular formula is C29H21Cl2N3O3S. The van der Waals surface area contributed by atoms with Gasteiger partial charge in [0.2, 0.25) is 0 Å². The molecule has 2 aromatic heterocycles. The van der Waals surface area contributed by atoms with Crippen molar-refractivity contribution in [2.75, 3.05) is 0 Å². The molecule has 0 bridgehead atoms. The van der Waals surface area contributed by atoms with Crippen molar-refractivity contribution < 1.29 is 14.4 Å². The third-order valence-corrected chi connectivity index (χ3v) is 11.9. The number of hydrogen-bond donors (Lipinski definition) is 1. The van der Waals surface area contributed by atoms with Crippen LogP contribution < -0.4 is 0 Å². The summed E-state index contributed by atoms with van der Waals surface area (Å²) in [6, 6.07) is 13.2. The molecule has 6 atom stereocenters. The Morgan fingerprint density at radius 2 is 2.03 bits per heavy atom. The highest BCUT2D eigenvalue weighted by Crippen LogP contribution is 3.00. The van der Waals surface area contributed by atoms with Gasteiger partial charge in [0.1, 0.15) is 22.1 Å². The van der Waals surface area contributed by atoms with Gasteiger partial charge in [-0.25, -0.2) is 4.98 Å². The highest BCUT2D eigenvalue weighted by atomic mass is 35.5. The van der Waals surface area contributed by atoms with Crippen LogP contribution in [0.5, 0.6) is 0 Å². The van der Waals surface area contributed by atoms with E-state index < -0.39 is 5.60 Å². The fraction of sp³-hybridized carbons (Fsp3) is 0.414. The molecule has 9 heteroatoms. The Bertz CT molecular complexity index is 1730. The number of aliphatic hydroxyl groups is 1. The van der Waals surface area contributed by atoms with Gasteiger partial charge in [0.15, 0.2) is 0 Å². The van der Waals surface area contributed by atoms with Gasteiger partial charge in [-0.15, -0.1) is 11.3 Å². The van der Waals surface area contributed by atoms with Gasteiger partial charge in [0.05, 0.1) is 44.1 Å². The second-order valence-electron chi connectivity index (χ2n) is 11.7. The third-order valence-electron chi connectivity index (χ3n) is 10.1. The molecule has 2 heterocycles. The number of aromatic nitrogens is 2. The highest BCUT2D eigenvalue weighted by Gasteiger charge is 3.03. The molecule has 38 heavy (non-hydrogen) atoms. The minimum absolute atomic E-state index is 0.120. The van der Waals surface area contributed by atoms with Crippen molar-refractivity contribution in [1.82, 2.24) is 10.1 Å². The van der Waals surface area contributed by atoms with Crippen molar-refractivity contribution in [3.8, 4) is 17.3 Å². The summed E-state index contributed by atoms with van der Waals surface area (Å²) < 4.78 is 13.6. The zero-order chi connectivity index (χ0) is 25.6. The van der Waals surface area contributed by atoms with E-state index in [1.54, 1.807) is 6.07 Å². The summed E-state index contributed by atoms with van der Waals surface area (Å²) in [6.45, 7) is 0.398. The van der Waals surface area contributed by atoms with Crippen LogP contribution in [0.1, 0.15) is 53.5 Å². The number of rotatable bonds is 6. The van der Waals surface area contributed by atoms with E-state index in [4.69, 9.17) is 37.4 Å². The summed E-state index contributed by atoms with van der Waals surface area (Å²) in [6.07, 6.45) is 3.84. The fourth-order valence-electron chi connectivity index (χ4n) is 8.52. The van der Waals surface area contributed by atoms with Crippen LogP contribution in [0.3, 0.4) is 0 Å². The smallest absolute Gasteiger partial charge is 0.145 e. The Labute approximate surface area is 232 Å². The van der Waals surface area contributed by atoms with Crippen LogP contribution in [0, 0.1) is 34.5 Å². The van der Waals surface area contributed by atoms with E-state index in [9.17, 15) is 10.4 Å². The zero-order valence-corrected chi connectivity index (χ0v) is 22.4. The molecular weight excluding hydrogens is 541 g/mol. The standard InChI is InChI=1S/C29H21Cl2N3O3S/c30-17-2-1-3-18(31)21(17)23-15(24(37-34-23)14-5-6-14)11-36-27-9-16-22-25(27)28(22,12-27)29(16,35)26-33-19-7-4-13(10-32)8-20(19)38-26/h1-4,7-8,14,16,22,25,35H,5-6,9,11-12H2/t16-,22?,25?,27-,28+,29+/m0/s1. The van der Waals surface area contributed by atoms with Gasteiger partial charge in [-0.2, -0.15) is 5.26 Å². The minimum atomic E-state index is -0.892. The van der Waals surface area contributed by atoms with Gasteiger partial charge in [-0.3, -0.25) is 0 Å². The predicted molar refractivity (Wildman–Crippen MR) is 142 cm³/mol. The Balaban J connectivity index is 1.01. The van der Waals surface area contributed by atoms with Crippen LogP contribution in [-0.2, 0) is 16.9 Å². The summed E-state index contributed by atoms with van der Waals surface area (Å²) in [5, 5.41) is 27.6. The summed E-state index contributed by atoms with van der Waals surface area (Å²) >= 11 is 14.6. The molecule has 0 aliphatic heterocycles. The second-order valence-corrected chi connectivity index (χ2v) is 13.6. The topological polar surface area (TPSA) is 92.2 Å². The Morgan fingerprint density at radius 1 is 1.21 bits per heavy atom. The maximum absolute atomic E-state index is 12.0.